The van der Waals surface area contributed by atoms with Gasteiger partial charge in [-0.2, -0.15) is 4.73 Å². The number of aromatic nitrogens is 3. The fraction of sp³-hybridized carbons (Fsp3) is 0.0909. The number of hydrogen-bond donors (Lipinski definition) is 4. The van der Waals surface area contributed by atoms with E-state index in [2.05, 4.69) is 9.97 Å². The highest BCUT2D eigenvalue weighted by molar-refractivity contribution is 5.90. The Bertz CT molecular complexity index is 775. The molecule has 0 bridgehead atoms. The van der Waals surface area contributed by atoms with E-state index in [4.69, 9.17) is 11.1 Å². The molecule has 8 nitrogen and oxygen atoms in total. The van der Waals surface area contributed by atoms with Gasteiger partial charge >= 0.3 is 0 Å². The standard InChI is InChI=1S/C11H11N5O3/c1-5-6(2-3-8(17)14-5)7-4-16(19)10(12)9(15-7)11(13)18/h2-4,12,19H,1H3,(H2,13,18)(H,14,17). The second-order valence-corrected chi connectivity index (χ2v) is 3.89. The van der Waals surface area contributed by atoms with Crippen LogP contribution in [0.25, 0.3) is 11.3 Å². The maximum atomic E-state index is 11.2. The van der Waals surface area contributed by atoms with Crippen molar-refractivity contribution < 1.29 is 10.0 Å². The zero-order chi connectivity index (χ0) is 14.2. The monoisotopic (exact) mass is 261 g/mol. The van der Waals surface area contributed by atoms with Gasteiger partial charge in [0.15, 0.2) is 11.2 Å². The lowest BCUT2D eigenvalue weighted by atomic mass is 10.1. The number of aryl methyl sites for hydroxylation is 1. The Morgan fingerprint density at radius 3 is 2.79 bits per heavy atom. The van der Waals surface area contributed by atoms with Crippen molar-refractivity contribution in [2.45, 2.75) is 6.92 Å². The molecule has 0 aliphatic carbocycles. The third-order valence-electron chi connectivity index (χ3n) is 2.56. The molecule has 1 amide bonds. The van der Waals surface area contributed by atoms with Gasteiger partial charge in [-0.3, -0.25) is 15.0 Å². The molecular weight excluding hydrogens is 250 g/mol. The molecule has 0 atom stereocenters. The van der Waals surface area contributed by atoms with E-state index < -0.39 is 11.4 Å². The van der Waals surface area contributed by atoms with Crippen molar-refractivity contribution in [2.24, 2.45) is 5.73 Å². The van der Waals surface area contributed by atoms with Crippen molar-refractivity contribution in [3.63, 3.8) is 0 Å². The van der Waals surface area contributed by atoms with Gasteiger partial charge < -0.3 is 15.9 Å². The number of hydrogen-bond acceptors (Lipinski definition) is 5. The van der Waals surface area contributed by atoms with E-state index in [0.29, 0.717) is 16.0 Å². The number of pyridine rings is 1. The van der Waals surface area contributed by atoms with E-state index in [1.807, 2.05) is 0 Å². The van der Waals surface area contributed by atoms with Crippen molar-refractivity contribution in [3.05, 3.63) is 45.6 Å². The average molecular weight is 261 g/mol. The van der Waals surface area contributed by atoms with Gasteiger partial charge in [0.2, 0.25) is 5.56 Å². The van der Waals surface area contributed by atoms with Gasteiger partial charge in [0.25, 0.3) is 5.91 Å². The summed E-state index contributed by atoms with van der Waals surface area (Å²) in [5, 5.41) is 17.0. The fourth-order valence-corrected chi connectivity index (χ4v) is 1.65. The Morgan fingerprint density at radius 1 is 1.53 bits per heavy atom. The molecule has 2 rings (SSSR count). The van der Waals surface area contributed by atoms with Crippen molar-refractivity contribution in [1.29, 1.82) is 5.41 Å². The SMILES string of the molecule is Cc1[nH]c(=O)ccc1-c1cn(O)c(=N)c(C(N)=O)n1. The first kappa shape index (κ1) is 12.6. The van der Waals surface area contributed by atoms with Gasteiger partial charge in [-0.05, 0) is 13.0 Å². The van der Waals surface area contributed by atoms with E-state index in [1.54, 1.807) is 6.92 Å². The number of aromatic amines is 1. The zero-order valence-electron chi connectivity index (χ0n) is 9.97. The van der Waals surface area contributed by atoms with Crippen LogP contribution in [0.3, 0.4) is 0 Å². The summed E-state index contributed by atoms with van der Waals surface area (Å²) in [7, 11) is 0. The van der Waals surface area contributed by atoms with Crippen LogP contribution < -0.4 is 16.8 Å². The molecule has 8 heteroatoms. The van der Waals surface area contributed by atoms with Crippen LogP contribution in [0.4, 0.5) is 0 Å². The van der Waals surface area contributed by atoms with Gasteiger partial charge in [-0.1, -0.05) is 0 Å². The predicted octanol–water partition coefficient (Wildman–Crippen LogP) is -0.638. The van der Waals surface area contributed by atoms with Crippen molar-refractivity contribution in [2.75, 3.05) is 0 Å². The van der Waals surface area contributed by atoms with Crippen LogP contribution in [0.2, 0.25) is 0 Å². The predicted molar refractivity (Wildman–Crippen MR) is 64.6 cm³/mol. The number of nitrogens with one attached hydrogen (secondary N) is 2. The molecular formula is C11H11N5O3. The molecule has 0 saturated carbocycles. The average Bonchev–Trinajstić information content (AvgIpc) is 2.32. The number of carbonyl (C=O) groups is 1. The summed E-state index contributed by atoms with van der Waals surface area (Å²) in [6.07, 6.45) is 1.16. The number of rotatable bonds is 2. The first-order chi connectivity index (χ1) is 8.90. The summed E-state index contributed by atoms with van der Waals surface area (Å²) in [5.41, 5.74) is 5.22. The van der Waals surface area contributed by atoms with Crippen LogP contribution in [0.15, 0.2) is 23.1 Å². The number of H-pyrrole nitrogens is 1. The third-order valence-corrected chi connectivity index (χ3v) is 2.56. The van der Waals surface area contributed by atoms with Crippen LogP contribution in [0, 0.1) is 12.3 Å². The molecule has 19 heavy (non-hydrogen) atoms. The molecule has 5 N–H and O–H groups in total. The Hall–Kier alpha value is -2.90. The molecule has 2 heterocycles. The highest BCUT2D eigenvalue weighted by atomic mass is 16.5. The summed E-state index contributed by atoms with van der Waals surface area (Å²) >= 11 is 0. The highest BCUT2D eigenvalue weighted by Gasteiger charge is 2.13. The maximum Gasteiger partial charge on any atom is 0.271 e. The first-order valence-corrected chi connectivity index (χ1v) is 5.28. The summed E-state index contributed by atoms with van der Waals surface area (Å²) in [5.74, 6) is -0.920. The van der Waals surface area contributed by atoms with Gasteiger partial charge in [0.05, 0.1) is 11.9 Å². The topological polar surface area (TPSA) is 138 Å². The maximum absolute atomic E-state index is 11.2. The highest BCUT2D eigenvalue weighted by Crippen LogP contribution is 2.17. The molecule has 0 fully saturated rings. The lowest BCUT2D eigenvalue weighted by Crippen LogP contribution is -2.30. The molecule has 2 aromatic rings. The van der Waals surface area contributed by atoms with Crippen molar-refractivity contribution in [1.82, 2.24) is 14.7 Å². The summed E-state index contributed by atoms with van der Waals surface area (Å²) in [4.78, 5) is 28.8. The van der Waals surface area contributed by atoms with E-state index in [9.17, 15) is 14.8 Å². The summed E-state index contributed by atoms with van der Waals surface area (Å²) in [6.45, 7) is 1.65. The summed E-state index contributed by atoms with van der Waals surface area (Å²) in [6, 6.07) is 2.80. The third kappa shape index (κ3) is 2.23. The Labute approximate surface area is 106 Å². The lowest BCUT2D eigenvalue weighted by Gasteiger charge is -2.08. The van der Waals surface area contributed by atoms with Crippen LogP contribution in [0.5, 0.6) is 0 Å². The Kier molecular flexibility index (Phi) is 2.91. The molecule has 98 valence electrons. The van der Waals surface area contributed by atoms with Gasteiger partial charge in [-0.25, -0.2) is 4.98 Å². The molecule has 0 radical (unpaired) electrons. The minimum atomic E-state index is -0.920. The van der Waals surface area contributed by atoms with E-state index >= 15 is 0 Å². The van der Waals surface area contributed by atoms with Crippen molar-refractivity contribution in [3.8, 4) is 11.3 Å². The van der Waals surface area contributed by atoms with E-state index in [1.165, 1.54) is 12.1 Å². The second-order valence-electron chi connectivity index (χ2n) is 3.89. The van der Waals surface area contributed by atoms with Crippen LogP contribution in [-0.2, 0) is 0 Å². The quantitative estimate of drug-likeness (QED) is 0.534. The molecule has 0 unspecified atom stereocenters. The minimum absolute atomic E-state index is 0.223. The molecule has 0 aliphatic heterocycles. The van der Waals surface area contributed by atoms with Gasteiger partial charge in [0.1, 0.15) is 0 Å². The number of primary amides is 1. The number of amides is 1. The molecule has 0 aromatic carbocycles. The number of carbonyl (C=O) groups excluding carboxylic acids is 1. The largest absolute Gasteiger partial charge is 0.427 e. The molecule has 0 saturated heterocycles. The molecule has 0 spiro atoms. The number of nitrogens with two attached hydrogens (primary N) is 1. The smallest absolute Gasteiger partial charge is 0.271 e. The van der Waals surface area contributed by atoms with Crippen LogP contribution in [-0.4, -0.2) is 25.8 Å². The Balaban J connectivity index is 2.73. The normalized spacial score (nSPS) is 10.4. The minimum Gasteiger partial charge on any atom is -0.427 e. The zero-order valence-corrected chi connectivity index (χ0v) is 9.97. The summed E-state index contributed by atoms with van der Waals surface area (Å²) < 4.78 is 0.451. The lowest BCUT2D eigenvalue weighted by molar-refractivity contribution is 0.0983. The van der Waals surface area contributed by atoms with Crippen molar-refractivity contribution >= 4 is 5.91 Å². The first-order valence-electron chi connectivity index (χ1n) is 5.28. The molecule has 0 aliphatic rings. The molecule has 2 aromatic heterocycles. The number of nitrogens with zero attached hydrogens (tertiary/aromatic N) is 2. The Morgan fingerprint density at radius 2 is 2.21 bits per heavy atom. The second kappa shape index (κ2) is 4.41. The van der Waals surface area contributed by atoms with E-state index in [0.717, 1.165) is 6.20 Å². The van der Waals surface area contributed by atoms with Crippen LogP contribution >= 0.6 is 0 Å². The fourth-order valence-electron chi connectivity index (χ4n) is 1.65. The van der Waals surface area contributed by atoms with Crippen LogP contribution in [0.1, 0.15) is 16.2 Å². The van der Waals surface area contributed by atoms with Gasteiger partial charge in [-0.15, -0.1) is 0 Å². The van der Waals surface area contributed by atoms with E-state index in [-0.39, 0.29) is 16.9 Å². The van der Waals surface area contributed by atoms with Gasteiger partial charge in [0, 0.05) is 17.3 Å².